The van der Waals surface area contributed by atoms with Crippen molar-refractivity contribution in [2.75, 3.05) is 5.32 Å². The van der Waals surface area contributed by atoms with E-state index in [-0.39, 0.29) is 23.1 Å². The van der Waals surface area contributed by atoms with Crippen LogP contribution in [0.25, 0.3) is 0 Å². The van der Waals surface area contributed by atoms with E-state index in [4.69, 9.17) is 0 Å². The van der Waals surface area contributed by atoms with Crippen LogP contribution in [0.4, 0.5) is 5.69 Å². The molecule has 1 heterocycles. The summed E-state index contributed by atoms with van der Waals surface area (Å²) in [4.78, 5) is 11.7. The van der Waals surface area contributed by atoms with Crippen molar-refractivity contribution in [1.82, 2.24) is 4.57 Å². The first-order chi connectivity index (χ1) is 10.0. The fraction of sp³-hybridized carbons (Fsp3) is 0.312. The third-order valence-corrected chi connectivity index (χ3v) is 3.32. The predicted octanol–water partition coefficient (Wildman–Crippen LogP) is 2.84. The van der Waals surface area contributed by atoms with Crippen LogP contribution in [0.1, 0.15) is 31.9 Å². The van der Waals surface area contributed by atoms with Crippen molar-refractivity contribution in [3.8, 4) is 11.5 Å². The summed E-state index contributed by atoms with van der Waals surface area (Å²) in [7, 11) is 0. The van der Waals surface area contributed by atoms with Crippen LogP contribution in [0.15, 0.2) is 41.3 Å². The Kier molecular flexibility index (Phi) is 4.52. The van der Waals surface area contributed by atoms with Gasteiger partial charge in [-0.1, -0.05) is 13.0 Å². The van der Waals surface area contributed by atoms with E-state index >= 15 is 0 Å². The fourth-order valence-electron chi connectivity index (χ4n) is 2.34. The quantitative estimate of drug-likeness (QED) is 0.791. The molecule has 0 aliphatic rings. The molecule has 0 saturated carbocycles. The van der Waals surface area contributed by atoms with E-state index in [0.717, 1.165) is 12.1 Å². The van der Waals surface area contributed by atoms with E-state index in [9.17, 15) is 15.0 Å². The highest BCUT2D eigenvalue weighted by atomic mass is 16.3. The minimum Gasteiger partial charge on any atom is -0.507 e. The Bertz CT molecular complexity index is 659. The molecule has 0 amide bonds. The molecule has 0 aliphatic heterocycles. The van der Waals surface area contributed by atoms with Crippen LogP contribution in [0.2, 0.25) is 0 Å². The highest BCUT2D eigenvalue weighted by Crippen LogP contribution is 2.33. The number of hydrogen-bond acceptors (Lipinski definition) is 4. The average molecular weight is 288 g/mol. The summed E-state index contributed by atoms with van der Waals surface area (Å²) in [5.41, 5.74) is 1.16. The number of anilines is 1. The Morgan fingerprint density at radius 1 is 1.19 bits per heavy atom. The zero-order chi connectivity index (χ0) is 15.4. The normalized spacial score (nSPS) is 12.1. The molecule has 3 N–H and O–H groups in total. The third kappa shape index (κ3) is 3.37. The monoisotopic (exact) mass is 288 g/mol. The van der Waals surface area contributed by atoms with Gasteiger partial charge in [0.05, 0.1) is 17.3 Å². The number of phenols is 2. The summed E-state index contributed by atoms with van der Waals surface area (Å²) in [6, 6.07) is 7.56. The Morgan fingerprint density at radius 2 is 1.86 bits per heavy atom. The first kappa shape index (κ1) is 15.0. The number of benzene rings is 1. The van der Waals surface area contributed by atoms with E-state index in [1.54, 1.807) is 22.9 Å². The summed E-state index contributed by atoms with van der Waals surface area (Å²) in [6.45, 7) is 4.50. The van der Waals surface area contributed by atoms with Crippen molar-refractivity contribution >= 4 is 5.69 Å². The lowest BCUT2D eigenvalue weighted by atomic mass is 10.1. The molecule has 1 unspecified atom stereocenters. The molecule has 1 aromatic carbocycles. The van der Waals surface area contributed by atoms with Crippen LogP contribution in [0, 0.1) is 0 Å². The van der Waals surface area contributed by atoms with Crippen LogP contribution < -0.4 is 10.9 Å². The second-order valence-electron chi connectivity index (χ2n) is 5.03. The van der Waals surface area contributed by atoms with Gasteiger partial charge < -0.3 is 20.1 Å². The number of pyridine rings is 1. The topological polar surface area (TPSA) is 74.5 Å². The number of aryl methyl sites for hydroxylation is 1. The number of nitrogens with one attached hydrogen (secondary N) is 1. The van der Waals surface area contributed by atoms with Gasteiger partial charge in [-0.25, -0.2) is 0 Å². The lowest BCUT2D eigenvalue weighted by molar-refractivity contribution is 0.434. The standard InChI is InChI=1S/C16H20N2O3/c1-3-9-18-10-12(7-8-15(18)21)17-11(2)16-13(19)5-4-6-14(16)20/h4-8,10-11,17,19-20H,3,9H2,1-2H3. The van der Waals surface area contributed by atoms with Crippen LogP contribution in [-0.2, 0) is 6.54 Å². The van der Waals surface area contributed by atoms with Gasteiger partial charge in [0.25, 0.3) is 5.56 Å². The second kappa shape index (κ2) is 6.35. The number of rotatable bonds is 5. The lowest BCUT2D eigenvalue weighted by Crippen LogP contribution is -2.19. The molecule has 0 fully saturated rings. The zero-order valence-electron chi connectivity index (χ0n) is 12.2. The Morgan fingerprint density at radius 3 is 2.48 bits per heavy atom. The summed E-state index contributed by atoms with van der Waals surface area (Å²) < 4.78 is 1.64. The van der Waals surface area contributed by atoms with Gasteiger partial charge in [0.2, 0.25) is 0 Å². The molecular formula is C16H20N2O3. The Labute approximate surface area is 123 Å². The van der Waals surface area contributed by atoms with Gasteiger partial charge in [-0.15, -0.1) is 0 Å². The van der Waals surface area contributed by atoms with Crippen molar-refractivity contribution < 1.29 is 10.2 Å². The smallest absolute Gasteiger partial charge is 0.250 e. The summed E-state index contributed by atoms with van der Waals surface area (Å²) >= 11 is 0. The van der Waals surface area contributed by atoms with Crippen LogP contribution in [0.3, 0.4) is 0 Å². The lowest BCUT2D eigenvalue weighted by Gasteiger charge is -2.18. The van der Waals surface area contributed by atoms with Gasteiger partial charge in [0.1, 0.15) is 11.5 Å². The molecule has 0 saturated heterocycles. The van der Waals surface area contributed by atoms with Gasteiger partial charge in [-0.2, -0.15) is 0 Å². The van der Waals surface area contributed by atoms with Crippen molar-refractivity contribution in [2.24, 2.45) is 0 Å². The minimum atomic E-state index is -0.293. The van der Waals surface area contributed by atoms with E-state index < -0.39 is 0 Å². The van der Waals surface area contributed by atoms with E-state index in [0.29, 0.717) is 12.1 Å². The molecule has 5 nitrogen and oxygen atoms in total. The molecule has 5 heteroatoms. The zero-order valence-corrected chi connectivity index (χ0v) is 12.2. The number of hydrogen-bond donors (Lipinski definition) is 3. The average Bonchev–Trinajstić information content (AvgIpc) is 2.42. The first-order valence-corrected chi connectivity index (χ1v) is 7.00. The van der Waals surface area contributed by atoms with Crippen LogP contribution in [0.5, 0.6) is 11.5 Å². The van der Waals surface area contributed by atoms with Gasteiger partial charge >= 0.3 is 0 Å². The number of nitrogens with zero attached hydrogens (tertiary/aromatic N) is 1. The molecule has 0 bridgehead atoms. The predicted molar refractivity (Wildman–Crippen MR) is 82.8 cm³/mol. The molecule has 2 aromatic rings. The summed E-state index contributed by atoms with van der Waals surface area (Å²) in [5, 5.41) is 22.9. The number of aromatic nitrogens is 1. The largest absolute Gasteiger partial charge is 0.507 e. The second-order valence-corrected chi connectivity index (χ2v) is 5.03. The van der Waals surface area contributed by atoms with E-state index in [1.165, 1.54) is 18.2 Å². The number of aromatic hydroxyl groups is 2. The SMILES string of the molecule is CCCn1cc(NC(C)c2c(O)cccc2O)ccc1=O. The van der Waals surface area contributed by atoms with Crippen molar-refractivity contribution in [3.05, 3.63) is 52.4 Å². The maximum Gasteiger partial charge on any atom is 0.250 e. The van der Waals surface area contributed by atoms with Crippen molar-refractivity contribution in [1.29, 1.82) is 0 Å². The maximum absolute atomic E-state index is 11.7. The Balaban J connectivity index is 2.25. The Hall–Kier alpha value is -2.43. The van der Waals surface area contributed by atoms with Gasteiger partial charge in [-0.3, -0.25) is 4.79 Å². The third-order valence-electron chi connectivity index (χ3n) is 3.32. The molecule has 21 heavy (non-hydrogen) atoms. The molecule has 0 spiro atoms. The highest BCUT2D eigenvalue weighted by molar-refractivity contribution is 5.50. The minimum absolute atomic E-state index is 0.0388. The van der Waals surface area contributed by atoms with Crippen LogP contribution >= 0.6 is 0 Å². The molecule has 1 aromatic heterocycles. The van der Waals surface area contributed by atoms with Crippen molar-refractivity contribution in [3.63, 3.8) is 0 Å². The van der Waals surface area contributed by atoms with Gasteiger partial charge in [0.15, 0.2) is 0 Å². The fourth-order valence-corrected chi connectivity index (χ4v) is 2.34. The van der Waals surface area contributed by atoms with Gasteiger partial charge in [-0.05, 0) is 31.5 Å². The van der Waals surface area contributed by atoms with E-state index in [1.807, 2.05) is 13.8 Å². The molecule has 0 radical (unpaired) electrons. The molecule has 112 valence electrons. The molecule has 1 atom stereocenters. The summed E-state index contributed by atoms with van der Waals surface area (Å²) in [6.07, 6.45) is 2.62. The maximum atomic E-state index is 11.7. The summed E-state index contributed by atoms with van der Waals surface area (Å²) in [5.74, 6) is 0.0776. The molecule has 0 aliphatic carbocycles. The first-order valence-electron chi connectivity index (χ1n) is 7.00. The van der Waals surface area contributed by atoms with Gasteiger partial charge in [0, 0.05) is 18.8 Å². The number of phenolic OH excluding ortho intramolecular Hbond substituents is 2. The van der Waals surface area contributed by atoms with Crippen molar-refractivity contribution in [2.45, 2.75) is 32.9 Å². The molecular weight excluding hydrogens is 268 g/mol. The van der Waals surface area contributed by atoms with Crippen LogP contribution in [-0.4, -0.2) is 14.8 Å². The highest BCUT2D eigenvalue weighted by Gasteiger charge is 2.15. The van der Waals surface area contributed by atoms with E-state index in [2.05, 4.69) is 5.32 Å². The molecule has 2 rings (SSSR count).